The molecule has 5 heteroatoms. The number of aromatic amines is 1. The molecule has 0 radical (unpaired) electrons. The summed E-state index contributed by atoms with van der Waals surface area (Å²) in [6.45, 7) is 5.02. The van der Waals surface area contributed by atoms with Gasteiger partial charge in [0.25, 0.3) is 0 Å². The van der Waals surface area contributed by atoms with Crippen molar-refractivity contribution in [3.8, 4) is 5.75 Å². The van der Waals surface area contributed by atoms with Crippen molar-refractivity contribution in [2.75, 3.05) is 7.11 Å². The molecule has 0 spiro atoms. The zero-order valence-corrected chi connectivity index (χ0v) is 10.9. The minimum Gasteiger partial charge on any atom is -0.494 e. The van der Waals surface area contributed by atoms with Gasteiger partial charge in [0.15, 0.2) is 16.3 Å². The van der Waals surface area contributed by atoms with Crippen LogP contribution in [0.4, 0.5) is 4.39 Å². The van der Waals surface area contributed by atoms with Crippen molar-refractivity contribution in [2.24, 2.45) is 5.92 Å². The first-order valence-electron chi connectivity index (χ1n) is 5.49. The number of nitrogens with one attached hydrogen (secondary N) is 1. The van der Waals surface area contributed by atoms with E-state index >= 15 is 0 Å². The number of halogens is 1. The summed E-state index contributed by atoms with van der Waals surface area (Å²) in [5, 5.41) is 0. The van der Waals surface area contributed by atoms with Gasteiger partial charge in [-0.3, -0.25) is 0 Å². The Morgan fingerprint density at radius 3 is 2.76 bits per heavy atom. The van der Waals surface area contributed by atoms with Crippen LogP contribution in [0.1, 0.15) is 13.8 Å². The van der Waals surface area contributed by atoms with E-state index in [4.69, 9.17) is 17.0 Å². The standard InChI is InChI=1S/C12H15FN2OS/c1-7(2)6-15-10-5-11(16-3)8(13)4-9(10)14-12(15)17/h4-5,7H,6H2,1-3H3,(H,14,17). The number of hydrogen-bond acceptors (Lipinski definition) is 2. The Labute approximate surface area is 104 Å². The fourth-order valence-corrected chi connectivity index (χ4v) is 2.14. The Morgan fingerprint density at radius 2 is 2.18 bits per heavy atom. The first-order valence-corrected chi connectivity index (χ1v) is 5.89. The van der Waals surface area contributed by atoms with Gasteiger partial charge in [0.1, 0.15) is 0 Å². The normalized spacial score (nSPS) is 11.4. The first kappa shape index (κ1) is 12.1. The number of imidazole rings is 1. The van der Waals surface area contributed by atoms with Crippen LogP contribution in [0.5, 0.6) is 5.75 Å². The Balaban J connectivity index is 2.67. The smallest absolute Gasteiger partial charge is 0.178 e. The van der Waals surface area contributed by atoms with Crippen LogP contribution in [0.2, 0.25) is 0 Å². The number of ether oxygens (including phenoxy) is 1. The second-order valence-electron chi connectivity index (χ2n) is 4.44. The van der Waals surface area contributed by atoms with Crippen molar-refractivity contribution < 1.29 is 9.13 Å². The fraction of sp³-hybridized carbons (Fsp3) is 0.417. The molecule has 1 aromatic carbocycles. The Kier molecular flexibility index (Phi) is 3.19. The third-order valence-electron chi connectivity index (χ3n) is 2.60. The minimum atomic E-state index is -0.382. The lowest BCUT2D eigenvalue weighted by atomic mass is 10.2. The topological polar surface area (TPSA) is 29.9 Å². The summed E-state index contributed by atoms with van der Waals surface area (Å²) in [4.78, 5) is 3.01. The van der Waals surface area contributed by atoms with Gasteiger partial charge in [-0.05, 0) is 18.1 Å². The van der Waals surface area contributed by atoms with Crippen LogP contribution in [-0.2, 0) is 6.54 Å². The molecule has 1 N–H and O–H groups in total. The number of methoxy groups -OCH3 is 1. The molecule has 0 saturated heterocycles. The van der Waals surface area contributed by atoms with Crippen LogP contribution in [0.25, 0.3) is 11.0 Å². The first-order chi connectivity index (χ1) is 8.02. The van der Waals surface area contributed by atoms with Crippen molar-refractivity contribution in [3.05, 3.63) is 22.7 Å². The molecular weight excluding hydrogens is 239 g/mol. The third-order valence-corrected chi connectivity index (χ3v) is 2.92. The van der Waals surface area contributed by atoms with Crippen molar-refractivity contribution in [1.29, 1.82) is 0 Å². The van der Waals surface area contributed by atoms with Crippen molar-refractivity contribution >= 4 is 23.3 Å². The summed E-state index contributed by atoms with van der Waals surface area (Å²) in [5.41, 5.74) is 1.58. The second-order valence-corrected chi connectivity index (χ2v) is 4.83. The number of benzene rings is 1. The number of H-pyrrole nitrogens is 1. The molecule has 0 atom stereocenters. The highest BCUT2D eigenvalue weighted by molar-refractivity contribution is 7.71. The summed E-state index contributed by atoms with van der Waals surface area (Å²) in [5.74, 6) is 0.328. The van der Waals surface area contributed by atoms with Gasteiger partial charge in [-0.15, -0.1) is 0 Å². The molecule has 0 aliphatic heterocycles. The average Bonchev–Trinajstić information content (AvgIpc) is 2.53. The molecule has 0 unspecified atom stereocenters. The zero-order chi connectivity index (χ0) is 12.6. The predicted octanol–water partition coefficient (Wildman–Crippen LogP) is 3.50. The van der Waals surface area contributed by atoms with Crippen molar-refractivity contribution in [1.82, 2.24) is 9.55 Å². The molecule has 0 amide bonds. The number of rotatable bonds is 3. The van der Waals surface area contributed by atoms with Crippen LogP contribution in [0.15, 0.2) is 12.1 Å². The van der Waals surface area contributed by atoms with Gasteiger partial charge in [-0.25, -0.2) is 4.39 Å². The molecule has 92 valence electrons. The van der Waals surface area contributed by atoms with Gasteiger partial charge in [0.05, 0.1) is 18.1 Å². The van der Waals surface area contributed by atoms with Gasteiger partial charge in [-0.2, -0.15) is 0 Å². The van der Waals surface area contributed by atoms with E-state index in [9.17, 15) is 4.39 Å². The van der Waals surface area contributed by atoms with E-state index in [1.807, 2.05) is 4.57 Å². The maximum Gasteiger partial charge on any atom is 0.178 e. The van der Waals surface area contributed by atoms with E-state index in [2.05, 4.69) is 18.8 Å². The molecule has 2 rings (SSSR count). The lowest BCUT2D eigenvalue weighted by Gasteiger charge is -2.08. The summed E-state index contributed by atoms with van der Waals surface area (Å²) in [6.07, 6.45) is 0. The molecule has 2 aromatic rings. The molecule has 0 saturated carbocycles. The summed E-state index contributed by atoms with van der Waals surface area (Å²) in [7, 11) is 1.46. The SMILES string of the molecule is COc1cc2c(cc1F)[nH]c(=S)n2CC(C)C. The highest BCUT2D eigenvalue weighted by Gasteiger charge is 2.11. The van der Waals surface area contributed by atoms with E-state index in [0.29, 0.717) is 16.2 Å². The van der Waals surface area contributed by atoms with E-state index in [-0.39, 0.29) is 11.6 Å². The van der Waals surface area contributed by atoms with E-state index in [1.54, 1.807) is 6.07 Å². The molecule has 1 aromatic heterocycles. The predicted molar refractivity (Wildman–Crippen MR) is 68.5 cm³/mol. The molecule has 3 nitrogen and oxygen atoms in total. The van der Waals surface area contributed by atoms with Crippen molar-refractivity contribution in [3.63, 3.8) is 0 Å². The second kappa shape index (κ2) is 4.49. The molecule has 17 heavy (non-hydrogen) atoms. The highest BCUT2D eigenvalue weighted by atomic mass is 32.1. The fourth-order valence-electron chi connectivity index (χ4n) is 1.86. The largest absolute Gasteiger partial charge is 0.494 e. The lowest BCUT2D eigenvalue weighted by molar-refractivity contribution is 0.387. The van der Waals surface area contributed by atoms with Crippen LogP contribution in [0, 0.1) is 16.5 Å². The summed E-state index contributed by atoms with van der Waals surface area (Å²) in [6, 6.07) is 3.10. The Bertz CT molecular complexity index is 600. The van der Waals surface area contributed by atoms with Crippen LogP contribution in [0.3, 0.4) is 0 Å². The monoisotopic (exact) mass is 254 g/mol. The third kappa shape index (κ3) is 2.20. The quantitative estimate of drug-likeness (QED) is 0.850. The Morgan fingerprint density at radius 1 is 1.47 bits per heavy atom. The molecule has 0 aliphatic carbocycles. The van der Waals surface area contributed by atoms with Crippen LogP contribution < -0.4 is 4.74 Å². The highest BCUT2D eigenvalue weighted by Crippen LogP contribution is 2.25. The minimum absolute atomic E-state index is 0.240. The van der Waals surface area contributed by atoms with Crippen molar-refractivity contribution in [2.45, 2.75) is 20.4 Å². The van der Waals surface area contributed by atoms with E-state index in [0.717, 1.165) is 12.1 Å². The van der Waals surface area contributed by atoms with E-state index in [1.165, 1.54) is 13.2 Å². The number of fused-ring (bicyclic) bond motifs is 1. The molecular formula is C12H15FN2OS. The molecule has 0 aliphatic rings. The maximum absolute atomic E-state index is 13.5. The number of aromatic nitrogens is 2. The Hall–Kier alpha value is -1.36. The van der Waals surface area contributed by atoms with Crippen LogP contribution in [-0.4, -0.2) is 16.7 Å². The lowest BCUT2D eigenvalue weighted by Crippen LogP contribution is -2.04. The summed E-state index contributed by atoms with van der Waals surface area (Å²) < 4.78 is 21.1. The molecule has 1 heterocycles. The van der Waals surface area contributed by atoms with E-state index < -0.39 is 0 Å². The van der Waals surface area contributed by atoms with Gasteiger partial charge >= 0.3 is 0 Å². The molecule has 0 fully saturated rings. The van der Waals surface area contributed by atoms with Gasteiger partial charge in [0, 0.05) is 18.7 Å². The van der Waals surface area contributed by atoms with Crippen LogP contribution >= 0.6 is 12.2 Å². The van der Waals surface area contributed by atoms with Gasteiger partial charge < -0.3 is 14.3 Å². The van der Waals surface area contributed by atoms with Gasteiger partial charge in [-0.1, -0.05) is 13.8 Å². The maximum atomic E-state index is 13.5. The zero-order valence-electron chi connectivity index (χ0n) is 10.1. The number of nitrogens with zero attached hydrogens (tertiary/aromatic N) is 1. The number of hydrogen-bond donors (Lipinski definition) is 1. The van der Waals surface area contributed by atoms with Gasteiger partial charge in [0.2, 0.25) is 0 Å². The molecule has 0 bridgehead atoms. The summed E-state index contributed by atoms with van der Waals surface area (Å²) >= 11 is 5.24. The average molecular weight is 254 g/mol.